The first-order valence-electron chi connectivity index (χ1n) is 8.53. The van der Waals surface area contributed by atoms with Gasteiger partial charge < -0.3 is 20.1 Å². The molecule has 0 aliphatic heterocycles. The summed E-state index contributed by atoms with van der Waals surface area (Å²) in [7, 11) is 0. The van der Waals surface area contributed by atoms with Crippen LogP contribution in [0.4, 0.5) is 0 Å². The van der Waals surface area contributed by atoms with Crippen LogP contribution in [0.25, 0.3) is 11.3 Å². The highest BCUT2D eigenvalue weighted by Gasteiger charge is 2.29. The molecule has 0 radical (unpaired) electrons. The fourth-order valence-electron chi connectivity index (χ4n) is 2.69. The predicted octanol–water partition coefficient (Wildman–Crippen LogP) is 3.44. The summed E-state index contributed by atoms with van der Waals surface area (Å²) in [6.07, 6.45) is -1.83. The van der Waals surface area contributed by atoms with Crippen molar-refractivity contribution in [1.82, 2.24) is 10.5 Å². The van der Waals surface area contributed by atoms with E-state index in [-0.39, 0.29) is 12.2 Å². The third-order valence-electron chi connectivity index (χ3n) is 4.22. The van der Waals surface area contributed by atoms with E-state index in [9.17, 15) is 19.8 Å². The van der Waals surface area contributed by atoms with Gasteiger partial charge in [-0.25, -0.2) is 4.79 Å². The van der Waals surface area contributed by atoms with Crippen molar-refractivity contribution in [3.63, 3.8) is 0 Å². The van der Waals surface area contributed by atoms with Gasteiger partial charge in [-0.15, -0.1) is 0 Å². The molecule has 0 saturated heterocycles. The molecule has 9 heteroatoms. The summed E-state index contributed by atoms with van der Waals surface area (Å²) in [5, 5.41) is 26.5. The SMILES string of the molecule is O=C(N[C@H](Cc1ccccc1Cl)[C@@H](O)C(=O)O)c1cc(-c2ccc(Cl)cc2)no1. The van der Waals surface area contributed by atoms with E-state index in [0.29, 0.717) is 26.9 Å². The Balaban J connectivity index is 1.78. The number of carboxylic acid groups (broad SMARTS) is 1. The molecule has 150 valence electrons. The summed E-state index contributed by atoms with van der Waals surface area (Å²) in [6.45, 7) is 0. The van der Waals surface area contributed by atoms with Crippen molar-refractivity contribution in [3.8, 4) is 11.3 Å². The number of carboxylic acids is 1. The average molecular weight is 435 g/mol. The summed E-state index contributed by atoms with van der Waals surface area (Å²) >= 11 is 12.0. The number of aliphatic hydroxyl groups excluding tert-OH is 1. The second kappa shape index (κ2) is 9.09. The summed E-state index contributed by atoms with van der Waals surface area (Å²) in [5.41, 5.74) is 1.68. The number of carbonyl (C=O) groups is 2. The molecular formula is C20H16Cl2N2O5. The second-order valence-corrected chi connectivity index (χ2v) is 7.09. The lowest BCUT2D eigenvalue weighted by Gasteiger charge is -2.21. The van der Waals surface area contributed by atoms with E-state index in [4.69, 9.17) is 27.7 Å². The minimum Gasteiger partial charge on any atom is -0.479 e. The third-order valence-corrected chi connectivity index (χ3v) is 4.84. The van der Waals surface area contributed by atoms with Crippen LogP contribution < -0.4 is 5.32 Å². The number of halogens is 2. The van der Waals surface area contributed by atoms with Gasteiger partial charge in [-0.1, -0.05) is 58.7 Å². The molecule has 3 N–H and O–H groups in total. The molecule has 0 aliphatic carbocycles. The number of hydrogen-bond donors (Lipinski definition) is 3. The van der Waals surface area contributed by atoms with E-state index in [1.807, 2.05) is 0 Å². The number of aliphatic hydroxyl groups is 1. The predicted molar refractivity (Wildman–Crippen MR) is 107 cm³/mol. The number of amides is 1. The largest absolute Gasteiger partial charge is 0.479 e. The maximum absolute atomic E-state index is 12.6. The Labute approximate surface area is 175 Å². The van der Waals surface area contributed by atoms with Gasteiger partial charge in [0, 0.05) is 21.7 Å². The number of benzene rings is 2. The van der Waals surface area contributed by atoms with Crippen LogP contribution in [-0.4, -0.2) is 39.4 Å². The van der Waals surface area contributed by atoms with Crippen molar-refractivity contribution in [2.75, 3.05) is 0 Å². The van der Waals surface area contributed by atoms with Gasteiger partial charge in [-0.2, -0.15) is 0 Å². The van der Waals surface area contributed by atoms with Crippen LogP contribution in [-0.2, 0) is 11.2 Å². The Kier molecular flexibility index (Phi) is 6.53. The number of nitrogens with one attached hydrogen (secondary N) is 1. The highest BCUT2D eigenvalue weighted by molar-refractivity contribution is 6.31. The summed E-state index contributed by atoms with van der Waals surface area (Å²) in [6, 6.07) is 13.8. The third kappa shape index (κ3) is 5.14. The van der Waals surface area contributed by atoms with E-state index < -0.39 is 24.0 Å². The van der Waals surface area contributed by atoms with E-state index in [2.05, 4.69) is 10.5 Å². The topological polar surface area (TPSA) is 113 Å². The molecule has 1 heterocycles. The molecule has 2 atom stereocenters. The summed E-state index contributed by atoms with van der Waals surface area (Å²) < 4.78 is 5.08. The molecule has 29 heavy (non-hydrogen) atoms. The summed E-state index contributed by atoms with van der Waals surface area (Å²) in [4.78, 5) is 23.8. The van der Waals surface area contributed by atoms with Crippen LogP contribution in [0.2, 0.25) is 10.0 Å². The smallest absolute Gasteiger partial charge is 0.334 e. The quantitative estimate of drug-likeness (QED) is 0.524. The van der Waals surface area contributed by atoms with Crippen molar-refractivity contribution in [2.45, 2.75) is 18.6 Å². The van der Waals surface area contributed by atoms with Crippen molar-refractivity contribution < 1.29 is 24.3 Å². The molecule has 0 fully saturated rings. The highest BCUT2D eigenvalue weighted by Crippen LogP contribution is 2.22. The zero-order chi connectivity index (χ0) is 21.0. The molecule has 0 saturated carbocycles. The molecule has 0 aliphatic rings. The lowest BCUT2D eigenvalue weighted by atomic mass is 10.0. The maximum Gasteiger partial charge on any atom is 0.334 e. The lowest BCUT2D eigenvalue weighted by Crippen LogP contribution is -2.48. The minimum absolute atomic E-state index is 0.0110. The molecule has 3 rings (SSSR count). The zero-order valence-electron chi connectivity index (χ0n) is 14.9. The van der Waals surface area contributed by atoms with Crippen molar-refractivity contribution in [3.05, 3.63) is 76.0 Å². The van der Waals surface area contributed by atoms with Crippen LogP contribution in [0.15, 0.2) is 59.1 Å². The molecule has 1 amide bonds. The Morgan fingerprint density at radius 3 is 2.45 bits per heavy atom. The second-order valence-electron chi connectivity index (χ2n) is 6.24. The van der Waals surface area contributed by atoms with E-state index in [0.717, 1.165) is 0 Å². The number of rotatable bonds is 7. The van der Waals surface area contributed by atoms with Crippen molar-refractivity contribution in [1.29, 1.82) is 0 Å². The lowest BCUT2D eigenvalue weighted by molar-refractivity contribution is -0.148. The van der Waals surface area contributed by atoms with Gasteiger partial charge >= 0.3 is 5.97 Å². The highest BCUT2D eigenvalue weighted by atomic mass is 35.5. The van der Waals surface area contributed by atoms with Crippen LogP contribution in [0, 0.1) is 0 Å². The number of nitrogens with zero attached hydrogens (tertiary/aromatic N) is 1. The zero-order valence-corrected chi connectivity index (χ0v) is 16.4. The van der Waals surface area contributed by atoms with Gasteiger partial charge in [-0.05, 0) is 30.2 Å². The molecule has 0 bridgehead atoms. The Morgan fingerprint density at radius 2 is 1.79 bits per heavy atom. The minimum atomic E-state index is -1.84. The van der Waals surface area contributed by atoms with Crippen LogP contribution in [0.3, 0.4) is 0 Å². The monoisotopic (exact) mass is 434 g/mol. The molecule has 7 nitrogen and oxygen atoms in total. The van der Waals surface area contributed by atoms with E-state index >= 15 is 0 Å². The van der Waals surface area contributed by atoms with E-state index in [1.165, 1.54) is 6.07 Å². The van der Waals surface area contributed by atoms with Crippen LogP contribution in [0.1, 0.15) is 16.1 Å². The van der Waals surface area contributed by atoms with Gasteiger partial charge in [0.1, 0.15) is 5.69 Å². The summed E-state index contributed by atoms with van der Waals surface area (Å²) in [5.74, 6) is -2.31. The molecular weight excluding hydrogens is 419 g/mol. The maximum atomic E-state index is 12.6. The first-order chi connectivity index (χ1) is 13.8. The van der Waals surface area contributed by atoms with Crippen LogP contribution >= 0.6 is 23.2 Å². The molecule has 2 aromatic carbocycles. The number of hydrogen-bond acceptors (Lipinski definition) is 5. The van der Waals surface area contributed by atoms with Crippen molar-refractivity contribution >= 4 is 35.1 Å². The standard InChI is InChI=1S/C20H16Cl2N2O5/c21-13-7-5-11(6-8-13)15-10-17(29-24-15)19(26)23-16(18(25)20(27)28)9-12-3-1-2-4-14(12)22/h1-8,10,16,18,25H,9H2,(H,23,26)(H,27,28)/t16-,18-/m1/s1. The number of aliphatic carboxylic acids is 1. The molecule has 3 aromatic rings. The Bertz CT molecular complexity index is 1020. The Hall–Kier alpha value is -2.87. The molecule has 0 unspecified atom stereocenters. The number of aromatic nitrogens is 1. The first-order valence-corrected chi connectivity index (χ1v) is 9.28. The first kappa shape index (κ1) is 20.9. The molecule has 1 aromatic heterocycles. The van der Waals surface area contributed by atoms with Gasteiger partial charge in [0.2, 0.25) is 5.76 Å². The van der Waals surface area contributed by atoms with Gasteiger partial charge in [0.05, 0.1) is 6.04 Å². The van der Waals surface area contributed by atoms with Gasteiger partial charge in [0.25, 0.3) is 5.91 Å². The molecule has 0 spiro atoms. The Morgan fingerprint density at radius 1 is 1.10 bits per heavy atom. The fraction of sp³-hybridized carbons (Fsp3) is 0.150. The van der Waals surface area contributed by atoms with Gasteiger partial charge in [0.15, 0.2) is 6.10 Å². The normalized spacial score (nSPS) is 12.9. The number of carbonyl (C=O) groups excluding carboxylic acids is 1. The average Bonchev–Trinajstić information content (AvgIpc) is 3.19. The van der Waals surface area contributed by atoms with E-state index in [1.54, 1.807) is 48.5 Å². The fourth-order valence-corrected chi connectivity index (χ4v) is 3.03. The van der Waals surface area contributed by atoms with Gasteiger partial charge in [-0.3, -0.25) is 4.79 Å². The van der Waals surface area contributed by atoms with Crippen LogP contribution in [0.5, 0.6) is 0 Å². The van der Waals surface area contributed by atoms with Crippen molar-refractivity contribution in [2.24, 2.45) is 0 Å².